The summed E-state index contributed by atoms with van der Waals surface area (Å²) >= 11 is 5.59. The standard InChI is InChI=1S/C14H7ClFNO2/c15-10-4-5-12(13(16)7-10)14(18)19-11-3-1-2-9(6-11)8-17/h1-7H. The molecule has 19 heavy (non-hydrogen) atoms. The molecule has 0 atom stereocenters. The highest BCUT2D eigenvalue weighted by molar-refractivity contribution is 6.30. The molecular weight excluding hydrogens is 269 g/mol. The van der Waals surface area contributed by atoms with Crippen molar-refractivity contribution in [2.75, 3.05) is 0 Å². The van der Waals surface area contributed by atoms with Crippen LogP contribution < -0.4 is 4.74 Å². The SMILES string of the molecule is N#Cc1cccc(OC(=O)c2ccc(Cl)cc2F)c1. The Balaban J connectivity index is 2.23. The summed E-state index contributed by atoms with van der Waals surface area (Å²) in [4.78, 5) is 11.8. The van der Waals surface area contributed by atoms with Crippen LogP contribution in [0.2, 0.25) is 5.02 Å². The lowest BCUT2D eigenvalue weighted by molar-refractivity contribution is 0.0730. The molecule has 5 heteroatoms. The van der Waals surface area contributed by atoms with Crippen LogP contribution in [0.1, 0.15) is 15.9 Å². The lowest BCUT2D eigenvalue weighted by Crippen LogP contribution is -2.10. The van der Waals surface area contributed by atoms with Crippen molar-refractivity contribution in [1.82, 2.24) is 0 Å². The molecule has 0 bridgehead atoms. The van der Waals surface area contributed by atoms with Crippen LogP contribution in [0.3, 0.4) is 0 Å². The molecule has 0 radical (unpaired) electrons. The number of halogens is 2. The lowest BCUT2D eigenvalue weighted by atomic mass is 10.2. The van der Waals surface area contributed by atoms with E-state index in [1.807, 2.05) is 6.07 Å². The molecule has 0 saturated heterocycles. The number of ether oxygens (including phenoxy) is 1. The predicted molar refractivity (Wildman–Crippen MR) is 67.5 cm³/mol. The van der Waals surface area contributed by atoms with Crippen LogP contribution in [0.5, 0.6) is 5.75 Å². The lowest BCUT2D eigenvalue weighted by Gasteiger charge is -2.05. The van der Waals surface area contributed by atoms with Crippen LogP contribution >= 0.6 is 11.6 Å². The van der Waals surface area contributed by atoms with Gasteiger partial charge in [-0.3, -0.25) is 0 Å². The molecule has 0 aliphatic rings. The molecule has 0 N–H and O–H groups in total. The van der Waals surface area contributed by atoms with Gasteiger partial charge in [0, 0.05) is 5.02 Å². The zero-order valence-corrected chi connectivity index (χ0v) is 10.3. The molecule has 2 aromatic carbocycles. The summed E-state index contributed by atoms with van der Waals surface area (Å²) in [5.41, 5.74) is 0.133. The van der Waals surface area contributed by atoms with E-state index in [2.05, 4.69) is 0 Å². The maximum absolute atomic E-state index is 13.5. The molecule has 0 saturated carbocycles. The van der Waals surface area contributed by atoms with Gasteiger partial charge >= 0.3 is 5.97 Å². The molecule has 0 aliphatic heterocycles. The van der Waals surface area contributed by atoms with Crippen molar-refractivity contribution in [3.05, 3.63) is 64.4 Å². The van der Waals surface area contributed by atoms with Crippen LogP contribution in [0, 0.1) is 17.1 Å². The minimum Gasteiger partial charge on any atom is -0.423 e. The van der Waals surface area contributed by atoms with Gasteiger partial charge in [0.05, 0.1) is 17.2 Å². The number of nitriles is 1. The topological polar surface area (TPSA) is 50.1 Å². The minimum absolute atomic E-state index is 0.179. The maximum atomic E-state index is 13.5. The van der Waals surface area contributed by atoms with Crippen LogP contribution in [-0.4, -0.2) is 5.97 Å². The summed E-state index contributed by atoms with van der Waals surface area (Å²) in [6, 6.07) is 11.6. The molecule has 0 spiro atoms. The first-order chi connectivity index (χ1) is 9.10. The molecule has 3 nitrogen and oxygen atoms in total. The Morgan fingerprint density at radius 1 is 1.26 bits per heavy atom. The van der Waals surface area contributed by atoms with E-state index in [1.54, 1.807) is 12.1 Å². The van der Waals surface area contributed by atoms with Gasteiger partial charge in [-0.05, 0) is 36.4 Å². The zero-order chi connectivity index (χ0) is 13.8. The van der Waals surface area contributed by atoms with Gasteiger partial charge in [0.1, 0.15) is 11.6 Å². The van der Waals surface area contributed by atoms with Gasteiger partial charge in [-0.15, -0.1) is 0 Å². The zero-order valence-electron chi connectivity index (χ0n) is 9.56. The van der Waals surface area contributed by atoms with Gasteiger partial charge in [-0.1, -0.05) is 17.7 Å². The Kier molecular flexibility index (Phi) is 3.79. The fourth-order valence-electron chi connectivity index (χ4n) is 1.45. The number of rotatable bonds is 2. The van der Waals surface area contributed by atoms with Crippen LogP contribution in [0.15, 0.2) is 42.5 Å². The number of esters is 1. The van der Waals surface area contributed by atoms with E-state index in [-0.39, 0.29) is 16.3 Å². The first kappa shape index (κ1) is 13.1. The van der Waals surface area contributed by atoms with Crippen molar-refractivity contribution in [2.24, 2.45) is 0 Å². The van der Waals surface area contributed by atoms with Gasteiger partial charge in [-0.25, -0.2) is 9.18 Å². The molecule has 0 unspecified atom stereocenters. The van der Waals surface area contributed by atoms with E-state index in [4.69, 9.17) is 21.6 Å². The Morgan fingerprint density at radius 3 is 2.74 bits per heavy atom. The average molecular weight is 276 g/mol. The molecule has 0 amide bonds. The highest BCUT2D eigenvalue weighted by Crippen LogP contribution is 2.18. The van der Waals surface area contributed by atoms with Crippen LogP contribution in [0.4, 0.5) is 4.39 Å². The molecular formula is C14H7ClFNO2. The molecule has 94 valence electrons. The number of carbonyl (C=O) groups excluding carboxylic acids is 1. The van der Waals surface area contributed by atoms with Crippen molar-refractivity contribution in [3.8, 4) is 11.8 Å². The quantitative estimate of drug-likeness (QED) is 0.622. The largest absolute Gasteiger partial charge is 0.423 e. The van der Waals surface area contributed by atoms with E-state index in [1.165, 1.54) is 24.3 Å². The van der Waals surface area contributed by atoms with Gasteiger partial charge in [0.15, 0.2) is 0 Å². The van der Waals surface area contributed by atoms with Crippen LogP contribution in [0.25, 0.3) is 0 Å². The van der Waals surface area contributed by atoms with Crippen LogP contribution in [-0.2, 0) is 0 Å². The molecule has 2 aromatic rings. The van der Waals surface area contributed by atoms with Crippen molar-refractivity contribution in [2.45, 2.75) is 0 Å². The first-order valence-electron chi connectivity index (χ1n) is 5.27. The molecule has 0 heterocycles. The van der Waals surface area contributed by atoms with E-state index >= 15 is 0 Å². The summed E-state index contributed by atoms with van der Waals surface area (Å²) in [6.07, 6.45) is 0. The van der Waals surface area contributed by atoms with E-state index in [0.29, 0.717) is 5.56 Å². The second-order valence-corrected chi connectivity index (χ2v) is 4.09. The smallest absolute Gasteiger partial charge is 0.346 e. The second kappa shape index (κ2) is 5.51. The Morgan fingerprint density at radius 2 is 2.05 bits per heavy atom. The maximum Gasteiger partial charge on any atom is 0.346 e. The number of hydrogen-bond donors (Lipinski definition) is 0. The van der Waals surface area contributed by atoms with E-state index < -0.39 is 11.8 Å². The fourth-order valence-corrected chi connectivity index (χ4v) is 1.60. The molecule has 0 fully saturated rings. The average Bonchev–Trinajstić information content (AvgIpc) is 2.38. The molecule has 0 aromatic heterocycles. The monoisotopic (exact) mass is 275 g/mol. The minimum atomic E-state index is -0.843. The summed E-state index contributed by atoms with van der Waals surface area (Å²) in [6.45, 7) is 0. The highest BCUT2D eigenvalue weighted by atomic mass is 35.5. The van der Waals surface area contributed by atoms with E-state index in [9.17, 15) is 9.18 Å². The number of benzene rings is 2. The Hall–Kier alpha value is -2.38. The normalized spacial score (nSPS) is 9.74. The third-order valence-corrected chi connectivity index (χ3v) is 2.56. The van der Waals surface area contributed by atoms with E-state index in [0.717, 1.165) is 6.07 Å². The summed E-state index contributed by atoms with van der Waals surface area (Å²) in [5, 5.41) is 8.92. The van der Waals surface area contributed by atoms with Crippen molar-refractivity contribution in [3.63, 3.8) is 0 Å². The highest BCUT2D eigenvalue weighted by Gasteiger charge is 2.14. The summed E-state index contributed by atoms with van der Waals surface area (Å²) in [7, 11) is 0. The van der Waals surface area contributed by atoms with Crippen molar-refractivity contribution >= 4 is 17.6 Å². The molecule has 0 aliphatic carbocycles. The van der Waals surface area contributed by atoms with Gasteiger partial charge in [0.25, 0.3) is 0 Å². The van der Waals surface area contributed by atoms with Crippen molar-refractivity contribution < 1.29 is 13.9 Å². The van der Waals surface area contributed by atoms with Gasteiger partial charge in [-0.2, -0.15) is 5.26 Å². The Labute approximate surface area is 113 Å². The first-order valence-corrected chi connectivity index (χ1v) is 5.65. The van der Waals surface area contributed by atoms with Gasteiger partial charge in [0.2, 0.25) is 0 Å². The third-order valence-electron chi connectivity index (χ3n) is 2.32. The van der Waals surface area contributed by atoms with Crippen molar-refractivity contribution in [1.29, 1.82) is 5.26 Å². The van der Waals surface area contributed by atoms with Gasteiger partial charge < -0.3 is 4.74 Å². The fraction of sp³-hybridized carbons (Fsp3) is 0. The Bertz CT molecular complexity index is 679. The predicted octanol–water partition coefficient (Wildman–Crippen LogP) is 3.57. The summed E-state index contributed by atoms with van der Waals surface area (Å²) in [5.74, 6) is -1.42. The molecule has 2 rings (SSSR count). The number of hydrogen-bond acceptors (Lipinski definition) is 3. The third kappa shape index (κ3) is 3.09. The second-order valence-electron chi connectivity index (χ2n) is 3.65. The number of carbonyl (C=O) groups is 1. The summed E-state index contributed by atoms with van der Waals surface area (Å²) < 4.78 is 18.5. The number of nitrogens with zero attached hydrogens (tertiary/aromatic N) is 1.